The first-order valence-electron chi connectivity index (χ1n) is 5.41. The number of hydrogen-bond acceptors (Lipinski definition) is 3. The molecule has 10 heteroatoms. The van der Waals surface area contributed by atoms with Crippen LogP contribution in [0, 0.1) is 0 Å². The van der Waals surface area contributed by atoms with Crippen molar-refractivity contribution in [2.45, 2.75) is 25.4 Å². The second-order valence-corrected chi connectivity index (χ2v) is 4.01. The first kappa shape index (κ1) is 17.1. The lowest BCUT2D eigenvalue weighted by Crippen LogP contribution is -2.40. The summed E-state index contributed by atoms with van der Waals surface area (Å²) in [4.78, 5) is 11.1. The molecular formula is C11H10F6N2O2. The number of halogens is 6. The van der Waals surface area contributed by atoms with E-state index in [9.17, 15) is 31.1 Å². The molecule has 1 rings (SSSR count). The van der Waals surface area contributed by atoms with Crippen LogP contribution in [0.5, 0.6) is 5.75 Å². The monoisotopic (exact) mass is 316 g/mol. The number of nitrogens with one attached hydrogen (secondary N) is 1. The maximum atomic E-state index is 12.6. The summed E-state index contributed by atoms with van der Waals surface area (Å²) in [6, 6.07) is 0.700. The number of benzene rings is 1. The molecule has 0 heterocycles. The number of alkyl halides is 6. The zero-order valence-electron chi connectivity index (χ0n) is 10.5. The van der Waals surface area contributed by atoms with Crippen LogP contribution in [0.3, 0.4) is 0 Å². The maximum Gasteiger partial charge on any atom is 0.416 e. The lowest BCUT2D eigenvalue weighted by Gasteiger charge is -2.17. The molecule has 0 bridgehead atoms. The standard InChI is InChI=1S/C11H10F6N2O2/c1-5(9(20)19-18)21-8-3-6(10(12,13)14)2-7(4-8)11(15,16)17/h2-5H,18H2,1H3,(H,19,20). The molecular weight excluding hydrogens is 306 g/mol. The number of carbonyl (C=O) groups excluding carboxylic acids is 1. The first-order valence-corrected chi connectivity index (χ1v) is 5.41. The summed E-state index contributed by atoms with van der Waals surface area (Å²) in [6.07, 6.45) is -11.3. The molecule has 1 aromatic rings. The van der Waals surface area contributed by atoms with Crippen molar-refractivity contribution >= 4 is 5.91 Å². The van der Waals surface area contributed by atoms with Crippen LogP contribution >= 0.6 is 0 Å². The molecule has 21 heavy (non-hydrogen) atoms. The van der Waals surface area contributed by atoms with Crippen molar-refractivity contribution in [2.75, 3.05) is 0 Å². The normalized spacial score (nSPS) is 13.7. The summed E-state index contributed by atoms with van der Waals surface area (Å²) in [5, 5.41) is 0. The van der Waals surface area contributed by atoms with Gasteiger partial charge < -0.3 is 4.74 Å². The highest BCUT2D eigenvalue weighted by atomic mass is 19.4. The molecule has 0 aliphatic carbocycles. The summed E-state index contributed by atoms with van der Waals surface area (Å²) in [5.41, 5.74) is -1.40. The van der Waals surface area contributed by atoms with Gasteiger partial charge in [-0.3, -0.25) is 10.2 Å². The Bertz CT molecular complexity index is 494. The average molecular weight is 316 g/mol. The molecule has 0 radical (unpaired) electrons. The Labute approximate surface area is 114 Å². The molecule has 0 fully saturated rings. The molecule has 3 N–H and O–H groups in total. The van der Waals surface area contributed by atoms with Crippen LogP contribution in [0.1, 0.15) is 18.1 Å². The number of hydrazine groups is 1. The fourth-order valence-corrected chi connectivity index (χ4v) is 1.37. The molecule has 0 saturated heterocycles. The SMILES string of the molecule is CC(Oc1cc(C(F)(F)F)cc(C(F)(F)F)c1)C(=O)NN. The van der Waals surface area contributed by atoms with Crippen LogP contribution in [0.4, 0.5) is 26.3 Å². The second-order valence-electron chi connectivity index (χ2n) is 4.01. The van der Waals surface area contributed by atoms with Gasteiger partial charge in [-0.2, -0.15) is 26.3 Å². The van der Waals surface area contributed by atoms with E-state index in [1.165, 1.54) is 0 Å². The highest BCUT2D eigenvalue weighted by Gasteiger charge is 2.37. The van der Waals surface area contributed by atoms with E-state index >= 15 is 0 Å². The van der Waals surface area contributed by atoms with Gasteiger partial charge in [0.1, 0.15) is 5.75 Å². The molecule has 1 atom stereocenters. The molecule has 118 valence electrons. The van der Waals surface area contributed by atoms with Crippen LogP contribution in [-0.2, 0) is 17.1 Å². The summed E-state index contributed by atoms with van der Waals surface area (Å²) < 4.78 is 80.2. The van der Waals surface area contributed by atoms with E-state index in [-0.39, 0.29) is 6.07 Å². The third kappa shape index (κ3) is 4.52. The number of rotatable bonds is 3. The Balaban J connectivity index is 3.23. The van der Waals surface area contributed by atoms with Crippen LogP contribution in [0.25, 0.3) is 0 Å². The van der Waals surface area contributed by atoms with Crippen molar-refractivity contribution in [3.8, 4) is 5.75 Å². The fraction of sp³-hybridized carbons (Fsp3) is 0.364. The minimum atomic E-state index is -4.99. The van der Waals surface area contributed by atoms with Crippen LogP contribution in [0.2, 0.25) is 0 Å². The van der Waals surface area contributed by atoms with E-state index in [0.29, 0.717) is 12.1 Å². The maximum absolute atomic E-state index is 12.6. The summed E-state index contributed by atoms with van der Waals surface area (Å²) in [6.45, 7) is 1.12. The van der Waals surface area contributed by atoms with Gasteiger partial charge in [0, 0.05) is 0 Å². The van der Waals surface area contributed by atoms with Gasteiger partial charge in [-0.05, 0) is 25.1 Å². The summed E-state index contributed by atoms with van der Waals surface area (Å²) in [5.74, 6) is 3.14. The quantitative estimate of drug-likeness (QED) is 0.390. The number of ether oxygens (including phenoxy) is 1. The van der Waals surface area contributed by atoms with E-state index in [1.54, 1.807) is 5.43 Å². The Kier molecular flexibility index (Phi) is 4.72. The molecule has 0 spiro atoms. The first-order chi connectivity index (χ1) is 9.45. The van der Waals surface area contributed by atoms with Gasteiger partial charge >= 0.3 is 12.4 Å². The molecule has 1 unspecified atom stereocenters. The molecule has 0 aliphatic rings. The van der Waals surface area contributed by atoms with Crippen molar-refractivity contribution < 1.29 is 35.9 Å². The Morgan fingerprint density at radius 2 is 1.52 bits per heavy atom. The number of carbonyl (C=O) groups is 1. The van der Waals surface area contributed by atoms with Gasteiger partial charge in [0.2, 0.25) is 0 Å². The minimum absolute atomic E-state index is 0.0411. The Morgan fingerprint density at radius 3 is 1.86 bits per heavy atom. The predicted molar refractivity (Wildman–Crippen MR) is 58.9 cm³/mol. The van der Waals surface area contributed by atoms with Gasteiger partial charge in [-0.25, -0.2) is 5.84 Å². The molecule has 0 saturated carbocycles. The average Bonchev–Trinajstić information content (AvgIpc) is 2.35. The smallest absolute Gasteiger partial charge is 0.416 e. The van der Waals surface area contributed by atoms with Crippen molar-refractivity contribution in [3.05, 3.63) is 29.3 Å². The third-order valence-electron chi connectivity index (χ3n) is 2.39. The third-order valence-corrected chi connectivity index (χ3v) is 2.39. The lowest BCUT2D eigenvalue weighted by atomic mass is 10.1. The summed E-state index contributed by atoms with van der Waals surface area (Å²) >= 11 is 0. The lowest BCUT2D eigenvalue weighted by molar-refractivity contribution is -0.143. The molecule has 1 amide bonds. The predicted octanol–water partition coefficient (Wildman–Crippen LogP) is 2.48. The Morgan fingerprint density at radius 1 is 1.10 bits per heavy atom. The van der Waals surface area contributed by atoms with Gasteiger partial charge in [-0.15, -0.1) is 0 Å². The zero-order valence-corrected chi connectivity index (χ0v) is 10.5. The van der Waals surface area contributed by atoms with Gasteiger partial charge in [0.25, 0.3) is 5.91 Å². The minimum Gasteiger partial charge on any atom is -0.481 e. The van der Waals surface area contributed by atoms with E-state index < -0.39 is 41.2 Å². The van der Waals surface area contributed by atoms with Crippen LogP contribution < -0.4 is 16.0 Å². The Hall–Kier alpha value is -1.97. The largest absolute Gasteiger partial charge is 0.481 e. The molecule has 0 aliphatic heterocycles. The molecule has 1 aromatic carbocycles. The molecule has 4 nitrogen and oxygen atoms in total. The second kappa shape index (κ2) is 5.80. The van der Waals surface area contributed by atoms with Crippen LogP contribution in [-0.4, -0.2) is 12.0 Å². The molecule has 0 aromatic heterocycles. The van der Waals surface area contributed by atoms with Crippen LogP contribution in [0.15, 0.2) is 18.2 Å². The number of hydrogen-bond donors (Lipinski definition) is 2. The van der Waals surface area contributed by atoms with E-state index in [2.05, 4.69) is 0 Å². The van der Waals surface area contributed by atoms with E-state index in [1.807, 2.05) is 0 Å². The van der Waals surface area contributed by atoms with Gasteiger partial charge in [0.05, 0.1) is 11.1 Å². The van der Waals surface area contributed by atoms with Crippen molar-refractivity contribution in [2.24, 2.45) is 5.84 Å². The highest BCUT2D eigenvalue weighted by Crippen LogP contribution is 2.38. The van der Waals surface area contributed by atoms with E-state index in [4.69, 9.17) is 10.6 Å². The zero-order chi connectivity index (χ0) is 16.4. The summed E-state index contributed by atoms with van der Waals surface area (Å²) in [7, 11) is 0. The number of amides is 1. The fourth-order valence-electron chi connectivity index (χ4n) is 1.37. The number of nitrogens with two attached hydrogens (primary N) is 1. The highest BCUT2D eigenvalue weighted by molar-refractivity contribution is 5.80. The van der Waals surface area contributed by atoms with Gasteiger partial charge in [-0.1, -0.05) is 0 Å². The van der Waals surface area contributed by atoms with E-state index in [0.717, 1.165) is 6.92 Å². The van der Waals surface area contributed by atoms with Crippen molar-refractivity contribution in [3.63, 3.8) is 0 Å². The van der Waals surface area contributed by atoms with Crippen molar-refractivity contribution in [1.29, 1.82) is 0 Å². The topological polar surface area (TPSA) is 64.3 Å². The van der Waals surface area contributed by atoms with Crippen molar-refractivity contribution in [1.82, 2.24) is 5.43 Å². The van der Waals surface area contributed by atoms with Gasteiger partial charge in [0.15, 0.2) is 6.10 Å².